The molecule has 0 saturated heterocycles. The minimum Gasteiger partial charge on any atom is -0.354 e. The van der Waals surface area contributed by atoms with E-state index in [1.165, 1.54) is 0 Å². The number of nitrogens with one attached hydrogen (secondary N) is 3. The highest BCUT2D eigenvalue weighted by molar-refractivity contribution is 5.74. The van der Waals surface area contributed by atoms with Crippen molar-refractivity contribution in [2.24, 2.45) is 0 Å². The van der Waals surface area contributed by atoms with Crippen LogP contribution in [0.15, 0.2) is 29.1 Å². The van der Waals surface area contributed by atoms with E-state index in [4.69, 9.17) is 0 Å². The Balaban J connectivity index is 1.64. The highest BCUT2D eigenvalue weighted by Crippen LogP contribution is 2.10. The number of imidazole rings is 1. The number of hydrogen-bond donors (Lipinski definition) is 3. The molecule has 0 amide bonds. The van der Waals surface area contributed by atoms with Gasteiger partial charge in [0.25, 0.3) is 5.56 Å². The van der Waals surface area contributed by atoms with Crippen molar-refractivity contribution in [2.45, 2.75) is 13.3 Å². The summed E-state index contributed by atoms with van der Waals surface area (Å²) in [6.07, 6.45) is 0.701. The minimum atomic E-state index is -0.230. The van der Waals surface area contributed by atoms with Crippen molar-refractivity contribution >= 4 is 17.0 Å². The number of anilines is 1. The minimum absolute atomic E-state index is 0.230. The van der Waals surface area contributed by atoms with Gasteiger partial charge in [-0.2, -0.15) is 0 Å². The first-order valence-electron chi connectivity index (χ1n) is 6.33. The van der Waals surface area contributed by atoms with Crippen LogP contribution in [-0.4, -0.2) is 31.7 Å². The van der Waals surface area contributed by atoms with E-state index in [1.54, 1.807) is 6.92 Å². The Morgan fingerprint density at radius 3 is 2.85 bits per heavy atom. The van der Waals surface area contributed by atoms with Crippen molar-refractivity contribution in [1.29, 1.82) is 0 Å². The Morgan fingerprint density at radius 1 is 1.20 bits per heavy atom. The molecule has 102 valence electrons. The number of aryl methyl sites for hydroxylation is 1. The van der Waals surface area contributed by atoms with Crippen LogP contribution in [0, 0.1) is 6.92 Å². The van der Waals surface area contributed by atoms with Crippen LogP contribution in [0.25, 0.3) is 11.0 Å². The number of para-hydroxylation sites is 2. The van der Waals surface area contributed by atoms with Crippen LogP contribution in [-0.2, 0) is 6.42 Å². The molecule has 7 nitrogen and oxygen atoms in total. The maximum atomic E-state index is 11.4. The summed E-state index contributed by atoms with van der Waals surface area (Å²) in [5.41, 5.74) is 2.09. The second-order valence-electron chi connectivity index (χ2n) is 4.47. The summed E-state index contributed by atoms with van der Waals surface area (Å²) in [5.74, 6) is 1.26. The molecule has 0 saturated carbocycles. The van der Waals surface area contributed by atoms with Crippen molar-refractivity contribution < 1.29 is 0 Å². The summed E-state index contributed by atoms with van der Waals surface area (Å²) < 4.78 is 0. The topological polar surface area (TPSA) is 99.3 Å². The molecule has 0 aliphatic heterocycles. The molecule has 0 fully saturated rings. The van der Waals surface area contributed by atoms with Gasteiger partial charge < -0.3 is 10.3 Å². The number of rotatable bonds is 4. The monoisotopic (exact) mass is 270 g/mol. The Bertz CT molecular complexity index is 758. The Morgan fingerprint density at radius 2 is 2.05 bits per heavy atom. The molecule has 0 unspecified atom stereocenters. The SMILES string of the molecule is Cc1nnc(NCCc2nc3ccccc3[nH]2)[nH]c1=O. The normalized spacial score (nSPS) is 10.8. The zero-order chi connectivity index (χ0) is 13.9. The average Bonchev–Trinajstić information content (AvgIpc) is 2.85. The van der Waals surface area contributed by atoms with Gasteiger partial charge in [-0.25, -0.2) is 4.98 Å². The van der Waals surface area contributed by atoms with E-state index in [0.29, 0.717) is 24.6 Å². The van der Waals surface area contributed by atoms with Gasteiger partial charge in [-0.1, -0.05) is 12.1 Å². The summed E-state index contributed by atoms with van der Waals surface area (Å²) in [7, 11) is 0. The molecule has 7 heteroatoms. The smallest absolute Gasteiger partial charge is 0.273 e. The van der Waals surface area contributed by atoms with E-state index in [2.05, 4.69) is 30.5 Å². The third-order valence-electron chi connectivity index (χ3n) is 2.95. The standard InChI is InChI=1S/C13H14N6O/c1-8-12(20)17-13(19-18-8)14-7-6-11-15-9-4-2-3-5-10(9)16-11/h2-5H,6-7H2,1H3,(H,15,16)(H2,14,17,19,20). The summed E-state index contributed by atoms with van der Waals surface area (Å²) in [4.78, 5) is 21.7. The van der Waals surface area contributed by atoms with Crippen LogP contribution in [0.3, 0.4) is 0 Å². The molecule has 0 aliphatic carbocycles. The lowest BCUT2D eigenvalue weighted by molar-refractivity contribution is 0.866. The molecule has 2 aromatic heterocycles. The quantitative estimate of drug-likeness (QED) is 0.657. The van der Waals surface area contributed by atoms with Crippen molar-refractivity contribution in [2.75, 3.05) is 11.9 Å². The number of aromatic nitrogens is 5. The third kappa shape index (κ3) is 2.51. The highest BCUT2D eigenvalue weighted by atomic mass is 16.1. The van der Waals surface area contributed by atoms with Crippen molar-refractivity contribution in [1.82, 2.24) is 25.1 Å². The Labute approximate surface area is 114 Å². The molecule has 0 bridgehead atoms. The van der Waals surface area contributed by atoms with Crippen LogP contribution < -0.4 is 10.9 Å². The molecule has 0 atom stereocenters. The molecule has 2 heterocycles. The number of hydrogen-bond acceptors (Lipinski definition) is 5. The second-order valence-corrected chi connectivity index (χ2v) is 4.47. The molecule has 3 N–H and O–H groups in total. The van der Waals surface area contributed by atoms with Gasteiger partial charge in [0.1, 0.15) is 11.5 Å². The maximum absolute atomic E-state index is 11.4. The van der Waals surface area contributed by atoms with E-state index in [9.17, 15) is 4.79 Å². The van der Waals surface area contributed by atoms with Crippen molar-refractivity contribution in [3.05, 3.63) is 46.1 Å². The van der Waals surface area contributed by atoms with Gasteiger partial charge in [-0.3, -0.25) is 9.78 Å². The number of fused-ring (bicyclic) bond motifs is 1. The van der Waals surface area contributed by atoms with Crippen LogP contribution in [0.1, 0.15) is 11.5 Å². The van der Waals surface area contributed by atoms with Crippen molar-refractivity contribution in [3.8, 4) is 0 Å². The van der Waals surface area contributed by atoms with E-state index >= 15 is 0 Å². The van der Waals surface area contributed by atoms with E-state index < -0.39 is 0 Å². The average molecular weight is 270 g/mol. The van der Waals surface area contributed by atoms with Crippen molar-refractivity contribution in [3.63, 3.8) is 0 Å². The van der Waals surface area contributed by atoms with Gasteiger partial charge in [0, 0.05) is 13.0 Å². The van der Waals surface area contributed by atoms with Crippen LogP contribution in [0.5, 0.6) is 0 Å². The lowest BCUT2D eigenvalue weighted by Gasteiger charge is -2.02. The van der Waals surface area contributed by atoms with E-state index in [0.717, 1.165) is 16.9 Å². The highest BCUT2D eigenvalue weighted by Gasteiger charge is 2.03. The predicted molar refractivity (Wildman–Crippen MR) is 75.7 cm³/mol. The first kappa shape index (κ1) is 12.3. The zero-order valence-electron chi connectivity index (χ0n) is 11.0. The van der Waals surface area contributed by atoms with E-state index in [-0.39, 0.29) is 5.56 Å². The Kier molecular flexibility index (Phi) is 3.16. The third-order valence-corrected chi connectivity index (χ3v) is 2.95. The van der Waals surface area contributed by atoms with Crippen LogP contribution in [0.4, 0.5) is 5.95 Å². The second kappa shape index (κ2) is 5.12. The lowest BCUT2D eigenvalue weighted by atomic mass is 10.3. The number of aromatic amines is 2. The zero-order valence-corrected chi connectivity index (χ0v) is 11.0. The molecule has 0 radical (unpaired) electrons. The molecule has 0 spiro atoms. The molecular weight excluding hydrogens is 256 g/mol. The van der Waals surface area contributed by atoms with Gasteiger partial charge in [0.05, 0.1) is 11.0 Å². The fourth-order valence-electron chi connectivity index (χ4n) is 1.90. The molecule has 0 aliphatic rings. The molecule has 3 aromatic rings. The lowest BCUT2D eigenvalue weighted by Crippen LogP contribution is -2.18. The summed E-state index contributed by atoms with van der Waals surface area (Å²) in [6, 6.07) is 7.88. The number of benzene rings is 1. The Hall–Kier alpha value is -2.70. The predicted octanol–water partition coefficient (Wildman–Crippen LogP) is 1.00. The largest absolute Gasteiger partial charge is 0.354 e. The van der Waals surface area contributed by atoms with Crippen LogP contribution >= 0.6 is 0 Å². The number of nitrogens with zero attached hydrogens (tertiary/aromatic N) is 3. The summed E-state index contributed by atoms with van der Waals surface area (Å²) in [6.45, 7) is 2.22. The van der Waals surface area contributed by atoms with Gasteiger partial charge in [-0.15, -0.1) is 10.2 Å². The maximum Gasteiger partial charge on any atom is 0.273 e. The number of H-pyrrole nitrogens is 2. The van der Waals surface area contributed by atoms with Gasteiger partial charge in [0.2, 0.25) is 5.95 Å². The van der Waals surface area contributed by atoms with Gasteiger partial charge >= 0.3 is 0 Å². The van der Waals surface area contributed by atoms with Gasteiger partial charge in [0.15, 0.2) is 0 Å². The molecule has 20 heavy (non-hydrogen) atoms. The molecule has 1 aromatic carbocycles. The summed E-state index contributed by atoms with van der Waals surface area (Å²) in [5, 5.41) is 10.6. The first-order valence-corrected chi connectivity index (χ1v) is 6.33. The van der Waals surface area contributed by atoms with Gasteiger partial charge in [-0.05, 0) is 19.1 Å². The molecule has 3 rings (SSSR count). The summed E-state index contributed by atoms with van der Waals surface area (Å²) >= 11 is 0. The fraction of sp³-hybridized carbons (Fsp3) is 0.231. The fourth-order valence-corrected chi connectivity index (χ4v) is 1.90. The molecular formula is C13H14N6O. The van der Waals surface area contributed by atoms with Crippen LogP contribution in [0.2, 0.25) is 0 Å². The first-order chi connectivity index (χ1) is 9.72. The van der Waals surface area contributed by atoms with E-state index in [1.807, 2.05) is 24.3 Å².